The Hall–Kier alpha value is -7.56. The van der Waals surface area contributed by atoms with Gasteiger partial charge in [-0.2, -0.15) is 0 Å². The molecule has 23 nitrogen and oxygen atoms in total. The van der Waals surface area contributed by atoms with Crippen molar-refractivity contribution in [1.29, 1.82) is 0 Å². The van der Waals surface area contributed by atoms with Crippen LogP contribution in [0.4, 0.5) is 0 Å². The largest absolute Gasteiger partial charge is 0.468 e. The molecule has 5 N–H and O–H groups in total. The lowest BCUT2D eigenvalue weighted by atomic mass is 9.78. The molecule has 0 spiro atoms. The van der Waals surface area contributed by atoms with E-state index in [0.717, 1.165) is 39.5 Å². The number of rotatable bonds is 22. The summed E-state index contributed by atoms with van der Waals surface area (Å²) in [5.41, 5.74) is 8.07. The molecule has 25 heteroatoms. The highest BCUT2D eigenvalue weighted by molar-refractivity contribution is 6.76. The van der Waals surface area contributed by atoms with Crippen molar-refractivity contribution in [3.63, 3.8) is 0 Å². The highest BCUT2D eigenvalue weighted by atomic mass is 28.3. The fourth-order valence-corrected chi connectivity index (χ4v) is 12.9. The highest BCUT2D eigenvalue weighted by Crippen LogP contribution is 2.32. The Kier molecular flexibility index (Phi) is 29.0. The van der Waals surface area contributed by atoms with Crippen molar-refractivity contribution in [1.82, 2.24) is 46.8 Å². The Balaban J connectivity index is 0.000000314. The predicted molar refractivity (Wildman–Crippen MR) is 388 cm³/mol. The summed E-state index contributed by atoms with van der Waals surface area (Å²) in [6.45, 7) is 34.9. The standard InChI is InChI=1S/C38H57N5O8Si.C36H52N4O6Si/c1-24(2)33(34(45)39-25(3)35(46)43-19-11-12-31(42-43)36(47)49-7)41-37(48)38(6,23-50-20-21-52(8,9)10)18-17-28-13-14-29-15-16-30(40-32(29)22-28)26(4)51-27(5)44;1-23(2)28-21-32(41)36(5,22-45-18-19-47(6,7)8)16-15-26-11-12-27-13-14-29(38-31(27)20-26)25(4)46-35(44)30-10-9-17-40(39-30)34(43)24(3)37-33(28)42/h13-18,22,24-26,31,33,42H,11-12,19-21,23H2,1-10H3,(H,39,45)(H,41,48);11-16,20,23-25,28,30,39H,9-10,17-19,21-22H2,1-8H3,(H,37,42)/b18-17+;16-15+/t25-,26+,31-,33-,38-;24-,25+,28-,30-,36-/m00/s1. The maximum atomic E-state index is 14.1. The van der Waals surface area contributed by atoms with E-state index < -0.39 is 105 Å². The predicted octanol–water partition coefficient (Wildman–Crippen LogP) is 10.0. The van der Waals surface area contributed by atoms with Crippen molar-refractivity contribution < 1.29 is 66.8 Å². The molecule has 5 bridgehead atoms. The van der Waals surface area contributed by atoms with Crippen LogP contribution in [0.25, 0.3) is 34.0 Å². The van der Waals surface area contributed by atoms with E-state index in [9.17, 15) is 43.2 Å². The van der Waals surface area contributed by atoms with Crippen LogP contribution in [0.15, 0.2) is 72.8 Å². The summed E-state index contributed by atoms with van der Waals surface area (Å²) in [5, 5.41) is 13.1. The van der Waals surface area contributed by atoms with Crippen LogP contribution in [0.2, 0.25) is 51.4 Å². The summed E-state index contributed by atoms with van der Waals surface area (Å²) in [4.78, 5) is 128. The number of benzene rings is 2. The number of hydrogen-bond acceptors (Lipinski definition) is 18. The first kappa shape index (κ1) is 80.4. The van der Waals surface area contributed by atoms with E-state index in [2.05, 4.69) is 66.1 Å². The number of hydrazine groups is 2. The minimum Gasteiger partial charge on any atom is -0.468 e. The van der Waals surface area contributed by atoms with E-state index in [0.29, 0.717) is 68.9 Å². The quantitative estimate of drug-likeness (QED) is 0.0212. The van der Waals surface area contributed by atoms with E-state index in [1.807, 2.05) is 114 Å². The third-order valence-corrected chi connectivity index (χ3v) is 21.5. The van der Waals surface area contributed by atoms with Crippen LogP contribution in [0, 0.1) is 28.6 Å². The second-order valence-corrected chi connectivity index (χ2v) is 41.5. The Morgan fingerprint density at radius 1 is 0.808 bits per heavy atom. The maximum absolute atomic E-state index is 14.1. The topological polar surface area (TPSA) is 292 Å². The van der Waals surface area contributed by atoms with Gasteiger partial charge in [0.15, 0.2) is 0 Å². The average molecular weight is 1400 g/mol. The first-order valence-electron chi connectivity index (χ1n) is 34.8. The molecule has 2 saturated heterocycles. The number of ketones is 1. The van der Waals surface area contributed by atoms with Crippen molar-refractivity contribution in [2.45, 2.75) is 202 Å². The number of carbonyl (C=O) groups excluding carboxylic acids is 9. The number of methoxy groups -OCH3 is 1. The van der Waals surface area contributed by atoms with Gasteiger partial charge < -0.3 is 39.6 Å². The van der Waals surface area contributed by atoms with Crippen LogP contribution in [-0.4, -0.2) is 166 Å². The van der Waals surface area contributed by atoms with Crippen molar-refractivity contribution in [2.24, 2.45) is 28.6 Å². The molecule has 0 radical (unpaired) electrons. The van der Waals surface area contributed by atoms with E-state index in [1.54, 1.807) is 40.7 Å². The number of Topliss-reactive ketones (excluding diaryl/α,β-unsaturated/α-hetero) is 1. The lowest BCUT2D eigenvalue weighted by Crippen LogP contribution is -2.61. The first-order chi connectivity index (χ1) is 46.4. The number of carbonyl (C=O) groups is 9. The molecule has 5 heterocycles. The lowest BCUT2D eigenvalue weighted by Gasteiger charge is -2.35. The van der Waals surface area contributed by atoms with Gasteiger partial charge in [0.25, 0.3) is 11.8 Å². The fraction of sp³-hybridized carbons (Fsp3) is 0.581. The first-order valence-corrected chi connectivity index (χ1v) is 42.2. The van der Waals surface area contributed by atoms with Crippen LogP contribution in [0.3, 0.4) is 0 Å². The number of aromatic nitrogens is 2. The number of fused-ring (bicyclic) bond motifs is 5. The number of pyridine rings is 2. The summed E-state index contributed by atoms with van der Waals surface area (Å²) in [7, 11) is -1.44. The molecule has 0 aliphatic carbocycles. The molecule has 5 amide bonds. The minimum absolute atomic E-state index is 0.000958. The van der Waals surface area contributed by atoms with Crippen LogP contribution >= 0.6 is 0 Å². The van der Waals surface area contributed by atoms with Gasteiger partial charge in [-0.05, 0) is 127 Å². The maximum Gasteiger partial charge on any atom is 0.325 e. The number of nitrogens with one attached hydrogen (secondary N) is 5. The van der Waals surface area contributed by atoms with Gasteiger partial charge in [0.2, 0.25) is 17.7 Å². The molecule has 4 aromatic rings. The average Bonchev–Trinajstić information content (AvgIpc) is 1.27. The van der Waals surface area contributed by atoms with Crippen LogP contribution < -0.4 is 26.8 Å². The Labute approximate surface area is 586 Å². The van der Waals surface area contributed by atoms with Gasteiger partial charge in [0.1, 0.15) is 48.2 Å². The number of cyclic esters (lactones) is 1. The van der Waals surface area contributed by atoms with Gasteiger partial charge in [-0.15, -0.1) is 0 Å². The Morgan fingerprint density at radius 2 is 1.44 bits per heavy atom. The number of nitrogens with zero attached hydrogens (tertiary/aromatic N) is 4. The molecule has 3 aliphatic rings. The monoisotopic (exact) mass is 1400 g/mol. The third-order valence-electron chi connectivity index (χ3n) is 18.1. The molecule has 3 aliphatic heterocycles. The Morgan fingerprint density at radius 3 is 2.09 bits per heavy atom. The van der Waals surface area contributed by atoms with Gasteiger partial charge in [0, 0.05) is 72.5 Å². The summed E-state index contributed by atoms with van der Waals surface area (Å²) in [6.07, 6.45) is 8.52. The van der Waals surface area contributed by atoms with Crippen molar-refractivity contribution >= 4 is 103 Å². The van der Waals surface area contributed by atoms with E-state index in [-0.39, 0.29) is 55.0 Å². The third kappa shape index (κ3) is 23.8. The number of esters is 3. The summed E-state index contributed by atoms with van der Waals surface area (Å²) < 4.78 is 28.2. The molecular formula is C74H109N9O14Si2. The molecule has 0 saturated carbocycles. The minimum atomic E-state index is -1.39. The number of amides is 5. The lowest BCUT2D eigenvalue weighted by molar-refractivity contribution is -0.157. The van der Waals surface area contributed by atoms with Gasteiger partial charge in [0.05, 0.1) is 53.6 Å². The van der Waals surface area contributed by atoms with Crippen molar-refractivity contribution in [3.05, 3.63) is 95.3 Å². The zero-order valence-electron chi connectivity index (χ0n) is 61.6. The van der Waals surface area contributed by atoms with Crippen molar-refractivity contribution in [3.8, 4) is 0 Å². The number of ether oxygens (including phenoxy) is 5. The molecule has 10 atom stereocenters. The summed E-state index contributed by atoms with van der Waals surface area (Å²) in [6, 6.07) is 17.0. The molecule has 542 valence electrons. The zero-order chi connectivity index (χ0) is 73.3. The van der Waals surface area contributed by atoms with Gasteiger partial charge >= 0.3 is 17.9 Å². The Bertz CT molecular complexity index is 3590. The van der Waals surface area contributed by atoms with Crippen molar-refractivity contribution in [2.75, 3.05) is 46.6 Å². The molecule has 2 fully saturated rings. The number of hydrogen-bond donors (Lipinski definition) is 5. The SMILES string of the molecule is CC(C)[C@@H]1CC(=O)[C@](C)(COCC[Si](C)(C)C)/C=C/c2ccc3ccc(nc3c2)[C@@H](C)OC(=O)[C@@H]2CCCN(N2)C(=O)[C@H](C)NC1=O.COC(=O)[C@@H]1CCCN(C(=O)[C@H](C)NC(=O)[C@@H](NC(=O)[C@@](C)(/C=C/c2ccc3ccc([C@@H](C)OC(C)=O)nc3c2)COCC[Si](C)(C)C)C(C)C)N1. The van der Waals surface area contributed by atoms with E-state index >= 15 is 0 Å². The van der Waals surface area contributed by atoms with Crippen LogP contribution in [0.1, 0.15) is 143 Å². The van der Waals surface area contributed by atoms with Gasteiger partial charge in [-0.3, -0.25) is 53.2 Å². The fourth-order valence-electron chi connectivity index (χ4n) is 11.4. The molecule has 99 heavy (non-hydrogen) atoms. The molecule has 0 unspecified atom stereocenters. The second-order valence-electron chi connectivity index (χ2n) is 30.2. The highest BCUT2D eigenvalue weighted by Gasteiger charge is 2.40. The van der Waals surface area contributed by atoms with E-state index in [1.165, 1.54) is 24.1 Å². The summed E-state index contributed by atoms with van der Waals surface area (Å²) >= 11 is 0. The van der Waals surface area contributed by atoms with Crippen LogP contribution in [-0.2, 0) is 66.8 Å². The molecule has 7 rings (SSSR count). The van der Waals surface area contributed by atoms with Gasteiger partial charge in [-0.1, -0.05) is 128 Å². The second kappa shape index (κ2) is 35.7. The zero-order valence-corrected chi connectivity index (χ0v) is 63.6. The summed E-state index contributed by atoms with van der Waals surface area (Å²) in [5.74, 6) is -4.57. The normalized spacial score (nSPS) is 22.5. The van der Waals surface area contributed by atoms with Crippen LogP contribution in [0.5, 0.6) is 0 Å². The van der Waals surface area contributed by atoms with Gasteiger partial charge in [-0.25, -0.2) is 20.8 Å². The molecular weight excluding hydrogens is 1300 g/mol. The molecule has 2 aromatic heterocycles. The molecule has 2 aromatic carbocycles. The smallest absolute Gasteiger partial charge is 0.325 e. The van der Waals surface area contributed by atoms with E-state index in [4.69, 9.17) is 33.7 Å².